The smallest absolute Gasteiger partial charge is 0.337 e. The Hall–Kier alpha value is -1.03. The number of esters is 1. The van der Waals surface area contributed by atoms with E-state index in [0.717, 1.165) is 6.42 Å². The Labute approximate surface area is 82.8 Å². The Bertz CT molecular complexity index is 282. The maximum Gasteiger partial charge on any atom is 0.337 e. The summed E-state index contributed by atoms with van der Waals surface area (Å²) in [6, 6.07) is 0. The molecule has 0 aromatic rings. The minimum Gasteiger partial charge on any atom is -0.468 e. The Morgan fingerprint density at radius 3 is 3.14 bits per heavy atom. The normalized spacial score (nSPS) is 30.1. The van der Waals surface area contributed by atoms with E-state index in [4.69, 9.17) is 14.2 Å². The lowest BCUT2D eigenvalue weighted by Crippen LogP contribution is -2.18. The van der Waals surface area contributed by atoms with Gasteiger partial charge in [-0.1, -0.05) is 0 Å². The van der Waals surface area contributed by atoms with E-state index in [1.807, 2.05) is 0 Å². The van der Waals surface area contributed by atoms with Crippen LogP contribution in [0.15, 0.2) is 11.3 Å². The van der Waals surface area contributed by atoms with Crippen molar-refractivity contribution in [1.82, 2.24) is 0 Å². The van der Waals surface area contributed by atoms with Gasteiger partial charge in [0.1, 0.15) is 5.76 Å². The molecule has 0 aromatic carbocycles. The topological polar surface area (TPSA) is 44.8 Å². The minimum absolute atomic E-state index is 0.0778. The summed E-state index contributed by atoms with van der Waals surface area (Å²) in [5.41, 5.74) is 0.661. The lowest BCUT2D eigenvalue weighted by molar-refractivity contribution is -0.139. The highest BCUT2D eigenvalue weighted by Gasteiger charge is 2.43. The Kier molecular flexibility index (Phi) is 2.46. The summed E-state index contributed by atoms with van der Waals surface area (Å²) in [6.07, 6.45) is 0.588. The van der Waals surface area contributed by atoms with Gasteiger partial charge < -0.3 is 14.2 Å². The number of rotatable bonds is 2. The molecule has 0 N–H and O–H groups in total. The first-order chi connectivity index (χ1) is 6.74. The second-order valence-corrected chi connectivity index (χ2v) is 3.44. The second kappa shape index (κ2) is 3.61. The summed E-state index contributed by atoms with van der Waals surface area (Å²) >= 11 is 0. The van der Waals surface area contributed by atoms with Gasteiger partial charge in [-0.05, 0) is 20.3 Å². The Morgan fingerprint density at radius 1 is 1.64 bits per heavy atom. The third kappa shape index (κ3) is 1.39. The SMILES string of the molecule is CCOC(=O)C1=C(C)O[C@H]2OCC[C@@H]12. The van der Waals surface area contributed by atoms with Gasteiger partial charge in [-0.15, -0.1) is 0 Å². The lowest BCUT2D eigenvalue weighted by Gasteiger charge is -2.09. The van der Waals surface area contributed by atoms with Crippen molar-refractivity contribution in [2.75, 3.05) is 13.2 Å². The first kappa shape index (κ1) is 9.52. The van der Waals surface area contributed by atoms with E-state index in [2.05, 4.69) is 0 Å². The quantitative estimate of drug-likeness (QED) is 0.626. The summed E-state index contributed by atoms with van der Waals surface area (Å²) in [5, 5.41) is 0. The fourth-order valence-corrected chi connectivity index (χ4v) is 1.96. The molecule has 0 aliphatic carbocycles. The van der Waals surface area contributed by atoms with E-state index in [1.165, 1.54) is 0 Å². The van der Waals surface area contributed by atoms with Gasteiger partial charge >= 0.3 is 5.97 Å². The molecule has 78 valence electrons. The molecular weight excluding hydrogens is 184 g/mol. The molecular formula is C10H14O4. The molecule has 0 spiro atoms. The van der Waals surface area contributed by atoms with Crippen molar-refractivity contribution in [3.05, 3.63) is 11.3 Å². The summed E-state index contributed by atoms with van der Waals surface area (Å²) in [6.45, 7) is 4.64. The molecule has 2 aliphatic heterocycles. The average molecular weight is 198 g/mol. The number of allylic oxidation sites excluding steroid dienone is 1. The van der Waals surface area contributed by atoms with E-state index < -0.39 is 0 Å². The molecule has 4 nitrogen and oxygen atoms in total. The number of hydrogen-bond acceptors (Lipinski definition) is 4. The maximum atomic E-state index is 11.6. The van der Waals surface area contributed by atoms with E-state index in [9.17, 15) is 4.79 Å². The highest BCUT2D eigenvalue weighted by Crippen LogP contribution is 2.38. The molecule has 2 aliphatic rings. The zero-order valence-corrected chi connectivity index (χ0v) is 8.41. The van der Waals surface area contributed by atoms with Crippen molar-refractivity contribution >= 4 is 5.97 Å². The summed E-state index contributed by atoms with van der Waals surface area (Å²) < 4.78 is 15.7. The van der Waals surface area contributed by atoms with Gasteiger partial charge in [0.15, 0.2) is 0 Å². The van der Waals surface area contributed by atoms with Crippen molar-refractivity contribution in [3.8, 4) is 0 Å². The molecule has 2 atom stereocenters. The van der Waals surface area contributed by atoms with Crippen LogP contribution in [0.4, 0.5) is 0 Å². The van der Waals surface area contributed by atoms with Crippen molar-refractivity contribution in [3.63, 3.8) is 0 Å². The van der Waals surface area contributed by atoms with Crippen LogP contribution in [0.3, 0.4) is 0 Å². The second-order valence-electron chi connectivity index (χ2n) is 3.44. The van der Waals surface area contributed by atoms with Crippen LogP contribution in [0.5, 0.6) is 0 Å². The van der Waals surface area contributed by atoms with Gasteiger partial charge in [0, 0.05) is 0 Å². The average Bonchev–Trinajstić information content (AvgIpc) is 2.63. The first-order valence-corrected chi connectivity index (χ1v) is 4.90. The molecule has 4 heteroatoms. The van der Waals surface area contributed by atoms with Crippen molar-refractivity contribution in [2.45, 2.75) is 26.6 Å². The predicted octanol–water partition coefficient (Wildman–Crippen LogP) is 1.22. The van der Waals surface area contributed by atoms with Crippen LogP contribution in [0.1, 0.15) is 20.3 Å². The molecule has 0 saturated carbocycles. The fourth-order valence-electron chi connectivity index (χ4n) is 1.96. The van der Waals surface area contributed by atoms with Crippen molar-refractivity contribution < 1.29 is 19.0 Å². The van der Waals surface area contributed by atoms with Crippen molar-refractivity contribution in [1.29, 1.82) is 0 Å². The highest BCUT2D eigenvalue weighted by molar-refractivity contribution is 5.90. The maximum absolute atomic E-state index is 11.6. The van der Waals surface area contributed by atoms with Gasteiger partial charge in [-0.2, -0.15) is 0 Å². The van der Waals surface area contributed by atoms with Crippen LogP contribution >= 0.6 is 0 Å². The van der Waals surface area contributed by atoms with Crippen LogP contribution in [0.25, 0.3) is 0 Å². The summed E-state index contributed by atoms with van der Waals surface area (Å²) in [7, 11) is 0. The molecule has 2 rings (SSSR count). The molecule has 2 heterocycles. The third-order valence-corrected chi connectivity index (χ3v) is 2.58. The van der Waals surface area contributed by atoms with Gasteiger partial charge in [-0.3, -0.25) is 0 Å². The number of carbonyl (C=O) groups excluding carboxylic acids is 1. The zero-order valence-electron chi connectivity index (χ0n) is 8.41. The molecule has 14 heavy (non-hydrogen) atoms. The monoisotopic (exact) mass is 198 g/mol. The largest absolute Gasteiger partial charge is 0.468 e. The standard InChI is InChI=1S/C10H14O4/c1-3-12-9(11)8-6(2)14-10-7(8)4-5-13-10/h7,10H,3-5H2,1-2H3/t7-,10+/m0/s1. The predicted molar refractivity (Wildman–Crippen MR) is 48.3 cm³/mol. The summed E-state index contributed by atoms with van der Waals surface area (Å²) in [4.78, 5) is 11.6. The van der Waals surface area contributed by atoms with Crippen LogP contribution in [0, 0.1) is 5.92 Å². The number of ether oxygens (including phenoxy) is 3. The first-order valence-electron chi connectivity index (χ1n) is 4.90. The van der Waals surface area contributed by atoms with Crippen LogP contribution in [-0.4, -0.2) is 25.5 Å². The van der Waals surface area contributed by atoms with Crippen molar-refractivity contribution in [2.24, 2.45) is 5.92 Å². The Balaban J connectivity index is 2.15. The molecule has 0 radical (unpaired) electrons. The van der Waals surface area contributed by atoms with Gasteiger partial charge in [0.2, 0.25) is 6.29 Å². The van der Waals surface area contributed by atoms with Crippen LogP contribution in [0.2, 0.25) is 0 Å². The zero-order chi connectivity index (χ0) is 10.1. The fraction of sp³-hybridized carbons (Fsp3) is 0.700. The van der Waals surface area contributed by atoms with Gasteiger partial charge in [0.25, 0.3) is 0 Å². The van der Waals surface area contributed by atoms with E-state index in [-0.39, 0.29) is 18.2 Å². The van der Waals surface area contributed by atoms with Gasteiger partial charge in [0.05, 0.1) is 24.7 Å². The molecule has 0 aromatic heterocycles. The van der Waals surface area contributed by atoms with E-state index in [0.29, 0.717) is 24.5 Å². The van der Waals surface area contributed by atoms with E-state index in [1.54, 1.807) is 13.8 Å². The number of hydrogen-bond donors (Lipinski definition) is 0. The molecule has 1 fully saturated rings. The number of fused-ring (bicyclic) bond motifs is 1. The molecule has 1 saturated heterocycles. The third-order valence-electron chi connectivity index (χ3n) is 2.58. The lowest BCUT2D eigenvalue weighted by atomic mass is 9.98. The Morgan fingerprint density at radius 2 is 2.43 bits per heavy atom. The molecule has 0 bridgehead atoms. The van der Waals surface area contributed by atoms with Crippen LogP contribution < -0.4 is 0 Å². The van der Waals surface area contributed by atoms with E-state index >= 15 is 0 Å². The minimum atomic E-state index is -0.261. The summed E-state index contributed by atoms with van der Waals surface area (Å²) in [5.74, 6) is 0.468. The van der Waals surface area contributed by atoms with Gasteiger partial charge in [-0.25, -0.2) is 4.79 Å². The molecule has 0 unspecified atom stereocenters. The molecule has 0 amide bonds. The van der Waals surface area contributed by atoms with Crippen LogP contribution in [-0.2, 0) is 19.0 Å². The highest BCUT2D eigenvalue weighted by atomic mass is 16.7. The number of carbonyl (C=O) groups is 1.